The van der Waals surface area contributed by atoms with Gasteiger partial charge < -0.3 is 5.32 Å². The first kappa shape index (κ1) is 14.4. The van der Waals surface area contributed by atoms with Crippen molar-refractivity contribution < 1.29 is 0 Å². The van der Waals surface area contributed by atoms with Gasteiger partial charge in [-0.1, -0.05) is 26.7 Å². The van der Waals surface area contributed by atoms with E-state index in [1.54, 1.807) is 0 Å². The van der Waals surface area contributed by atoms with Crippen LogP contribution in [0, 0.1) is 25.7 Å². The van der Waals surface area contributed by atoms with Crippen molar-refractivity contribution >= 4 is 5.69 Å². The van der Waals surface area contributed by atoms with Gasteiger partial charge in [-0.25, -0.2) is 0 Å². The molecule has 3 heteroatoms. The highest BCUT2D eigenvalue weighted by Crippen LogP contribution is 2.31. The molecule has 0 saturated heterocycles. The molecule has 0 aromatic carbocycles. The summed E-state index contributed by atoms with van der Waals surface area (Å²) in [5, 5.41) is 8.25. The fourth-order valence-electron chi connectivity index (χ4n) is 3.33. The lowest BCUT2D eigenvalue weighted by atomic mass is 9.89. The Morgan fingerprint density at radius 2 is 1.89 bits per heavy atom. The minimum absolute atomic E-state index is 0.630. The fraction of sp³-hybridized carbons (Fsp3) is 0.812. The summed E-state index contributed by atoms with van der Waals surface area (Å²) in [5.41, 5.74) is 3.64. The van der Waals surface area contributed by atoms with E-state index in [4.69, 9.17) is 0 Å². The van der Waals surface area contributed by atoms with E-state index in [-0.39, 0.29) is 0 Å². The molecule has 1 heterocycles. The van der Waals surface area contributed by atoms with E-state index in [9.17, 15) is 0 Å². The van der Waals surface area contributed by atoms with Gasteiger partial charge in [-0.2, -0.15) is 5.10 Å². The van der Waals surface area contributed by atoms with E-state index in [1.807, 2.05) is 11.7 Å². The highest BCUT2D eigenvalue weighted by molar-refractivity contribution is 5.52. The molecule has 1 aliphatic rings. The maximum absolute atomic E-state index is 4.50. The van der Waals surface area contributed by atoms with Gasteiger partial charge in [0.2, 0.25) is 0 Å². The number of anilines is 1. The Bertz CT molecular complexity index is 420. The van der Waals surface area contributed by atoms with E-state index in [1.165, 1.54) is 43.5 Å². The Balaban J connectivity index is 2.00. The molecule has 0 bridgehead atoms. The number of aromatic nitrogens is 2. The maximum Gasteiger partial charge on any atom is 0.0827 e. The molecule has 2 unspecified atom stereocenters. The van der Waals surface area contributed by atoms with Gasteiger partial charge in [0.1, 0.15) is 0 Å². The SMILES string of the molecule is Cc1nn(C)c(C)c1NC1CCCC(C(C)C)CC1. The molecular weight excluding hydrogens is 234 g/mol. The third kappa shape index (κ3) is 3.31. The van der Waals surface area contributed by atoms with Crippen LogP contribution in [0.15, 0.2) is 0 Å². The van der Waals surface area contributed by atoms with E-state index in [0.29, 0.717) is 6.04 Å². The van der Waals surface area contributed by atoms with Crippen LogP contribution in [-0.4, -0.2) is 15.8 Å². The number of hydrogen-bond donors (Lipinski definition) is 1. The minimum atomic E-state index is 0.630. The van der Waals surface area contributed by atoms with Gasteiger partial charge in [0, 0.05) is 13.1 Å². The molecule has 0 amide bonds. The second-order valence-electron chi connectivity index (χ2n) is 6.52. The minimum Gasteiger partial charge on any atom is -0.379 e. The molecule has 1 aromatic heterocycles. The van der Waals surface area contributed by atoms with Crippen molar-refractivity contribution in [3.63, 3.8) is 0 Å². The molecule has 1 aliphatic carbocycles. The monoisotopic (exact) mass is 263 g/mol. The Hall–Kier alpha value is -0.990. The lowest BCUT2D eigenvalue weighted by Crippen LogP contribution is -2.19. The molecule has 108 valence electrons. The Labute approximate surface area is 117 Å². The predicted octanol–water partition coefficient (Wildman–Crippen LogP) is 4.05. The fourth-order valence-corrected chi connectivity index (χ4v) is 3.33. The van der Waals surface area contributed by atoms with Crippen LogP contribution in [0.3, 0.4) is 0 Å². The van der Waals surface area contributed by atoms with Crippen molar-refractivity contribution in [2.75, 3.05) is 5.32 Å². The second-order valence-corrected chi connectivity index (χ2v) is 6.52. The van der Waals surface area contributed by atoms with Crippen LogP contribution in [0.4, 0.5) is 5.69 Å². The largest absolute Gasteiger partial charge is 0.379 e. The summed E-state index contributed by atoms with van der Waals surface area (Å²) >= 11 is 0. The molecule has 2 rings (SSSR count). The first-order chi connectivity index (χ1) is 8.99. The number of aryl methyl sites for hydroxylation is 2. The Morgan fingerprint density at radius 1 is 1.16 bits per heavy atom. The van der Waals surface area contributed by atoms with Crippen LogP contribution in [0.5, 0.6) is 0 Å². The lowest BCUT2D eigenvalue weighted by molar-refractivity contribution is 0.341. The molecule has 1 N–H and O–H groups in total. The summed E-state index contributed by atoms with van der Waals surface area (Å²) in [5.74, 6) is 1.75. The molecule has 0 radical (unpaired) electrons. The van der Waals surface area contributed by atoms with Crippen LogP contribution in [0.1, 0.15) is 57.3 Å². The Morgan fingerprint density at radius 3 is 2.47 bits per heavy atom. The van der Waals surface area contributed by atoms with E-state index >= 15 is 0 Å². The average Bonchev–Trinajstić information content (AvgIpc) is 2.58. The van der Waals surface area contributed by atoms with Gasteiger partial charge in [-0.15, -0.1) is 0 Å². The molecule has 3 nitrogen and oxygen atoms in total. The van der Waals surface area contributed by atoms with E-state index in [2.05, 4.69) is 38.1 Å². The standard InChI is InChI=1S/C16H29N3/c1-11(2)14-7-6-8-15(10-9-14)17-16-12(3)18-19(5)13(16)4/h11,14-15,17H,6-10H2,1-5H3. The first-order valence-electron chi connectivity index (χ1n) is 7.75. The molecule has 1 fully saturated rings. The van der Waals surface area contributed by atoms with Crippen molar-refractivity contribution in [1.29, 1.82) is 0 Å². The van der Waals surface area contributed by atoms with E-state index in [0.717, 1.165) is 17.5 Å². The van der Waals surface area contributed by atoms with Gasteiger partial charge in [-0.3, -0.25) is 4.68 Å². The number of hydrogen-bond acceptors (Lipinski definition) is 2. The van der Waals surface area contributed by atoms with Gasteiger partial charge in [0.15, 0.2) is 0 Å². The second kappa shape index (κ2) is 5.98. The predicted molar refractivity (Wildman–Crippen MR) is 81.5 cm³/mol. The summed E-state index contributed by atoms with van der Waals surface area (Å²) in [6, 6.07) is 0.630. The normalized spacial score (nSPS) is 24.5. The van der Waals surface area contributed by atoms with Crippen LogP contribution in [0.25, 0.3) is 0 Å². The first-order valence-corrected chi connectivity index (χ1v) is 7.75. The van der Waals surface area contributed by atoms with Crippen LogP contribution in [0.2, 0.25) is 0 Å². The van der Waals surface area contributed by atoms with Crippen molar-refractivity contribution in [3.05, 3.63) is 11.4 Å². The molecule has 1 saturated carbocycles. The van der Waals surface area contributed by atoms with Crippen molar-refractivity contribution in [2.24, 2.45) is 18.9 Å². The van der Waals surface area contributed by atoms with Crippen molar-refractivity contribution in [1.82, 2.24) is 9.78 Å². The average molecular weight is 263 g/mol. The summed E-state index contributed by atoms with van der Waals surface area (Å²) in [7, 11) is 2.02. The lowest BCUT2D eigenvalue weighted by Gasteiger charge is -2.20. The molecule has 19 heavy (non-hydrogen) atoms. The molecule has 0 spiro atoms. The zero-order valence-corrected chi connectivity index (χ0v) is 13.2. The number of nitrogens with one attached hydrogen (secondary N) is 1. The van der Waals surface area contributed by atoms with Gasteiger partial charge in [0.05, 0.1) is 17.1 Å². The van der Waals surface area contributed by atoms with E-state index < -0.39 is 0 Å². The molecule has 0 aliphatic heterocycles. The third-order valence-electron chi connectivity index (χ3n) is 4.81. The highest BCUT2D eigenvalue weighted by atomic mass is 15.3. The number of rotatable bonds is 3. The van der Waals surface area contributed by atoms with Crippen molar-refractivity contribution in [3.8, 4) is 0 Å². The Kier molecular flexibility index (Phi) is 4.54. The summed E-state index contributed by atoms with van der Waals surface area (Å²) in [6.45, 7) is 8.99. The van der Waals surface area contributed by atoms with Gasteiger partial charge in [-0.05, 0) is 44.9 Å². The smallest absolute Gasteiger partial charge is 0.0827 e. The van der Waals surface area contributed by atoms with Crippen LogP contribution in [-0.2, 0) is 7.05 Å². The van der Waals surface area contributed by atoms with Gasteiger partial charge >= 0.3 is 0 Å². The van der Waals surface area contributed by atoms with Gasteiger partial charge in [0.25, 0.3) is 0 Å². The number of nitrogens with zero attached hydrogens (tertiary/aromatic N) is 2. The maximum atomic E-state index is 4.50. The van der Waals surface area contributed by atoms with Crippen molar-refractivity contribution in [2.45, 2.75) is 65.8 Å². The van der Waals surface area contributed by atoms with Crippen LogP contribution < -0.4 is 5.32 Å². The molecule has 1 aromatic rings. The summed E-state index contributed by atoms with van der Waals surface area (Å²) in [6.07, 6.45) is 6.74. The topological polar surface area (TPSA) is 29.9 Å². The van der Waals surface area contributed by atoms with Crippen LogP contribution >= 0.6 is 0 Å². The quantitative estimate of drug-likeness (QED) is 0.834. The third-order valence-corrected chi connectivity index (χ3v) is 4.81. The molecule has 2 atom stereocenters. The zero-order chi connectivity index (χ0) is 14.0. The summed E-state index contributed by atoms with van der Waals surface area (Å²) in [4.78, 5) is 0. The summed E-state index contributed by atoms with van der Waals surface area (Å²) < 4.78 is 1.98. The zero-order valence-electron chi connectivity index (χ0n) is 13.2. The molecular formula is C16H29N3. The highest BCUT2D eigenvalue weighted by Gasteiger charge is 2.22.